The quantitative estimate of drug-likeness (QED) is 0.321. The van der Waals surface area contributed by atoms with Gasteiger partial charge in [-0.25, -0.2) is 12.8 Å². The number of benzene rings is 3. The standard InChI is InChI=1S/C31H35ClFN3O4S/c1-21-12-16-27(17-13-21)41(39,40)36(26-15-14-22(2)28(32)18-26)20-30(37)35(19-24-8-4-7-11-29(24)33)23(3)31(38)34-25-9-5-6-10-25/h4,7-8,11-18,23,25H,5-6,9-10,19-20H2,1-3H3,(H,34,38). The largest absolute Gasteiger partial charge is 0.352 e. The van der Waals surface area contributed by atoms with Gasteiger partial charge in [0.15, 0.2) is 0 Å². The Morgan fingerprint density at radius 1 is 1.02 bits per heavy atom. The van der Waals surface area contributed by atoms with Gasteiger partial charge in [-0.2, -0.15) is 0 Å². The van der Waals surface area contributed by atoms with Crippen LogP contribution >= 0.6 is 11.6 Å². The molecular formula is C31H35ClFN3O4S. The summed E-state index contributed by atoms with van der Waals surface area (Å²) >= 11 is 6.36. The average molecular weight is 600 g/mol. The second-order valence-corrected chi connectivity index (χ2v) is 12.8. The van der Waals surface area contributed by atoms with Crippen molar-refractivity contribution in [3.8, 4) is 0 Å². The summed E-state index contributed by atoms with van der Waals surface area (Å²) in [6, 6.07) is 16.1. The number of nitrogens with one attached hydrogen (secondary N) is 1. The highest BCUT2D eigenvalue weighted by Gasteiger charge is 2.33. The molecular weight excluding hydrogens is 565 g/mol. The van der Waals surface area contributed by atoms with Gasteiger partial charge in [0.2, 0.25) is 11.8 Å². The Balaban J connectivity index is 1.71. The van der Waals surface area contributed by atoms with E-state index in [9.17, 15) is 22.4 Å². The minimum atomic E-state index is -4.22. The van der Waals surface area contributed by atoms with Gasteiger partial charge in [0, 0.05) is 23.2 Å². The molecule has 0 heterocycles. The Bertz CT molecular complexity index is 1510. The van der Waals surface area contributed by atoms with Gasteiger partial charge < -0.3 is 10.2 Å². The molecule has 1 N–H and O–H groups in total. The molecule has 2 amide bonds. The van der Waals surface area contributed by atoms with Crippen molar-refractivity contribution in [2.24, 2.45) is 0 Å². The molecule has 7 nitrogen and oxygen atoms in total. The maximum atomic E-state index is 14.7. The summed E-state index contributed by atoms with van der Waals surface area (Å²) < 4.78 is 43.5. The first-order valence-electron chi connectivity index (χ1n) is 13.7. The number of carbonyl (C=O) groups excluding carboxylic acids is 2. The van der Waals surface area contributed by atoms with Crippen LogP contribution in [0.15, 0.2) is 71.6 Å². The number of nitrogens with zero attached hydrogens (tertiary/aromatic N) is 2. The Kier molecular flexibility index (Phi) is 9.71. The van der Waals surface area contributed by atoms with E-state index in [4.69, 9.17) is 11.6 Å². The number of hydrogen-bond acceptors (Lipinski definition) is 4. The normalized spacial score (nSPS) is 14.5. The van der Waals surface area contributed by atoms with Crippen LogP contribution in [0.4, 0.5) is 10.1 Å². The van der Waals surface area contributed by atoms with E-state index in [1.807, 2.05) is 6.92 Å². The highest BCUT2D eigenvalue weighted by atomic mass is 35.5. The molecule has 0 spiro atoms. The van der Waals surface area contributed by atoms with Gasteiger partial charge in [-0.1, -0.05) is 66.4 Å². The predicted octanol–water partition coefficient (Wildman–Crippen LogP) is 5.77. The Labute approximate surface area is 246 Å². The zero-order valence-corrected chi connectivity index (χ0v) is 25.0. The van der Waals surface area contributed by atoms with Gasteiger partial charge in [-0.15, -0.1) is 0 Å². The van der Waals surface area contributed by atoms with E-state index in [1.54, 1.807) is 44.2 Å². The first kappa shape index (κ1) is 30.5. The minimum Gasteiger partial charge on any atom is -0.352 e. The number of hydrogen-bond donors (Lipinski definition) is 1. The van der Waals surface area contributed by atoms with E-state index in [2.05, 4.69) is 5.32 Å². The van der Waals surface area contributed by atoms with Crippen LogP contribution in [0.1, 0.15) is 49.3 Å². The molecule has 0 radical (unpaired) electrons. The summed E-state index contributed by atoms with van der Waals surface area (Å²) in [7, 11) is -4.22. The second-order valence-electron chi connectivity index (χ2n) is 10.5. The molecule has 0 saturated heterocycles. The highest BCUT2D eigenvalue weighted by molar-refractivity contribution is 7.92. The van der Waals surface area contributed by atoms with Crippen LogP contribution in [0.2, 0.25) is 5.02 Å². The van der Waals surface area contributed by atoms with Crippen molar-refractivity contribution in [3.05, 3.63) is 94.3 Å². The van der Waals surface area contributed by atoms with Gasteiger partial charge in [0.25, 0.3) is 10.0 Å². The van der Waals surface area contributed by atoms with Crippen LogP contribution in [0.5, 0.6) is 0 Å². The third kappa shape index (κ3) is 7.26. The fourth-order valence-electron chi connectivity index (χ4n) is 4.89. The molecule has 1 unspecified atom stereocenters. The summed E-state index contributed by atoms with van der Waals surface area (Å²) in [5.41, 5.74) is 2.03. The van der Waals surface area contributed by atoms with Crippen LogP contribution in [0, 0.1) is 19.7 Å². The van der Waals surface area contributed by atoms with Crippen LogP contribution in [0.25, 0.3) is 0 Å². The maximum Gasteiger partial charge on any atom is 0.264 e. The van der Waals surface area contributed by atoms with Crippen molar-refractivity contribution in [2.75, 3.05) is 10.8 Å². The number of rotatable bonds is 10. The molecule has 1 aliphatic rings. The lowest BCUT2D eigenvalue weighted by Crippen LogP contribution is -2.52. The van der Waals surface area contributed by atoms with E-state index in [1.165, 1.54) is 41.3 Å². The minimum absolute atomic E-state index is 0.000256. The van der Waals surface area contributed by atoms with Gasteiger partial charge >= 0.3 is 0 Å². The zero-order chi connectivity index (χ0) is 29.7. The van der Waals surface area contributed by atoms with E-state index in [0.29, 0.717) is 5.02 Å². The summed E-state index contributed by atoms with van der Waals surface area (Å²) in [6.07, 6.45) is 3.75. The van der Waals surface area contributed by atoms with E-state index in [-0.39, 0.29) is 34.6 Å². The topological polar surface area (TPSA) is 86.8 Å². The van der Waals surface area contributed by atoms with Gasteiger partial charge in [0.05, 0.1) is 10.6 Å². The van der Waals surface area contributed by atoms with Crippen LogP contribution in [-0.4, -0.2) is 43.8 Å². The SMILES string of the molecule is Cc1ccc(S(=O)(=O)N(CC(=O)N(Cc2ccccc2F)C(C)C(=O)NC2CCCC2)c2ccc(C)c(Cl)c2)cc1. The number of sulfonamides is 1. The van der Waals surface area contributed by atoms with Crippen molar-refractivity contribution in [3.63, 3.8) is 0 Å². The summed E-state index contributed by atoms with van der Waals surface area (Å²) in [4.78, 5) is 28.5. The molecule has 218 valence electrons. The zero-order valence-electron chi connectivity index (χ0n) is 23.4. The summed E-state index contributed by atoms with van der Waals surface area (Å²) in [5, 5.41) is 3.34. The summed E-state index contributed by atoms with van der Waals surface area (Å²) in [5.74, 6) is -1.55. The van der Waals surface area contributed by atoms with E-state index in [0.717, 1.165) is 41.1 Å². The molecule has 1 fully saturated rings. The fourth-order valence-corrected chi connectivity index (χ4v) is 6.47. The van der Waals surface area contributed by atoms with Crippen LogP contribution in [-0.2, 0) is 26.2 Å². The molecule has 1 atom stereocenters. The number of carbonyl (C=O) groups is 2. The monoisotopic (exact) mass is 599 g/mol. The van der Waals surface area contributed by atoms with Crippen molar-refractivity contribution < 1.29 is 22.4 Å². The third-order valence-electron chi connectivity index (χ3n) is 7.50. The third-order valence-corrected chi connectivity index (χ3v) is 9.69. The van der Waals surface area contributed by atoms with Crippen molar-refractivity contribution in [1.29, 1.82) is 0 Å². The smallest absolute Gasteiger partial charge is 0.264 e. The average Bonchev–Trinajstić information content (AvgIpc) is 3.45. The van der Waals surface area contributed by atoms with Crippen LogP contribution in [0.3, 0.4) is 0 Å². The molecule has 0 aliphatic heterocycles. The van der Waals surface area contributed by atoms with E-state index >= 15 is 0 Å². The lowest BCUT2D eigenvalue weighted by molar-refractivity contribution is -0.139. The predicted molar refractivity (Wildman–Crippen MR) is 159 cm³/mol. The molecule has 4 rings (SSSR count). The van der Waals surface area contributed by atoms with Crippen molar-refractivity contribution in [2.45, 2.75) is 70.0 Å². The molecule has 1 aliphatic carbocycles. The van der Waals surface area contributed by atoms with Gasteiger partial charge in [-0.3, -0.25) is 13.9 Å². The number of halogens is 2. The van der Waals surface area contributed by atoms with E-state index < -0.39 is 34.3 Å². The maximum absolute atomic E-state index is 14.7. The Morgan fingerprint density at radius 3 is 2.32 bits per heavy atom. The van der Waals surface area contributed by atoms with Crippen LogP contribution < -0.4 is 9.62 Å². The second kappa shape index (κ2) is 13.0. The first-order chi connectivity index (χ1) is 19.5. The summed E-state index contributed by atoms with van der Waals surface area (Å²) in [6.45, 7) is 4.38. The van der Waals surface area contributed by atoms with Crippen molar-refractivity contribution in [1.82, 2.24) is 10.2 Å². The fraction of sp³-hybridized carbons (Fsp3) is 0.355. The molecule has 3 aromatic carbocycles. The molecule has 0 aromatic heterocycles. The Hall–Kier alpha value is -3.43. The highest BCUT2D eigenvalue weighted by Crippen LogP contribution is 2.29. The molecule has 0 bridgehead atoms. The molecule has 1 saturated carbocycles. The molecule has 3 aromatic rings. The number of amides is 2. The lowest BCUT2D eigenvalue weighted by Gasteiger charge is -2.32. The van der Waals surface area contributed by atoms with Gasteiger partial charge in [-0.05, 0) is 69.5 Å². The number of aryl methyl sites for hydroxylation is 2. The van der Waals surface area contributed by atoms with Gasteiger partial charge in [0.1, 0.15) is 18.4 Å². The molecule has 41 heavy (non-hydrogen) atoms. The Morgan fingerprint density at radius 2 is 1.68 bits per heavy atom. The molecule has 10 heteroatoms. The number of anilines is 1. The van der Waals surface area contributed by atoms with Crippen molar-refractivity contribution >= 4 is 39.1 Å². The first-order valence-corrected chi connectivity index (χ1v) is 15.5. The lowest BCUT2D eigenvalue weighted by atomic mass is 10.1.